The van der Waals surface area contributed by atoms with Gasteiger partial charge in [-0.25, -0.2) is 0 Å². The van der Waals surface area contributed by atoms with E-state index in [-0.39, 0.29) is 34.6 Å². The average molecular weight is 521 g/mol. The second-order valence-electron chi connectivity index (χ2n) is 6.61. The Morgan fingerprint density at radius 2 is 2.17 bits per heavy atom. The molecule has 10 heteroatoms. The predicted octanol–water partition coefficient (Wildman–Crippen LogP) is 2.58. The summed E-state index contributed by atoms with van der Waals surface area (Å²) < 4.78 is 10.6. The number of guanidine groups is 1. The van der Waals surface area contributed by atoms with E-state index in [0.717, 1.165) is 38.6 Å². The zero-order valence-corrected chi connectivity index (χ0v) is 19.5. The Kier molecular flexibility index (Phi) is 12.6. The molecule has 0 aromatic heterocycles. The van der Waals surface area contributed by atoms with Crippen LogP contribution in [0.25, 0.3) is 0 Å². The molecule has 1 saturated heterocycles. The topological polar surface area (TPSA) is 101 Å². The van der Waals surface area contributed by atoms with Gasteiger partial charge in [-0.15, -0.1) is 24.0 Å². The molecule has 1 aromatic rings. The van der Waals surface area contributed by atoms with Crippen molar-refractivity contribution in [2.75, 3.05) is 65.0 Å². The fourth-order valence-electron chi connectivity index (χ4n) is 3.11. The van der Waals surface area contributed by atoms with Crippen LogP contribution in [-0.2, 0) is 9.47 Å². The second-order valence-corrected chi connectivity index (χ2v) is 6.61. The maximum Gasteiger partial charge on any atom is 0.292 e. The third-order valence-corrected chi connectivity index (χ3v) is 4.50. The van der Waals surface area contributed by atoms with Crippen LogP contribution in [0.2, 0.25) is 0 Å². The number of aliphatic imine (C=N–C) groups is 1. The molecule has 2 N–H and O–H groups in total. The van der Waals surface area contributed by atoms with Crippen LogP contribution in [0, 0.1) is 16.0 Å². The van der Waals surface area contributed by atoms with E-state index in [4.69, 9.17) is 9.47 Å². The number of halogens is 1. The number of para-hydroxylation sites is 2. The fraction of sp³-hybridized carbons (Fsp3) is 0.632. The highest BCUT2D eigenvalue weighted by molar-refractivity contribution is 14.0. The van der Waals surface area contributed by atoms with Crippen molar-refractivity contribution in [3.8, 4) is 0 Å². The molecule has 29 heavy (non-hydrogen) atoms. The summed E-state index contributed by atoms with van der Waals surface area (Å²) in [5.74, 6) is 1.37. The summed E-state index contributed by atoms with van der Waals surface area (Å²) in [6, 6.07) is 6.64. The van der Waals surface area contributed by atoms with Crippen molar-refractivity contribution >= 4 is 41.3 Å². The zero-order valence-electron chi connectivity index (χ0n) is 17.1. The van der Waals surface area contributed by atoms with Gasteiger partial charge in [0.2, 0.25) is 0 Å². The van der Waals surface area contributed by atoms with E-state index in [1.54, 1.807) is 25.3 Å². The molecule has 1 aliphatic rings. The number of hydrogen-bond donors (Lipinski definition) is 2. The number of hydrogen-bond acceptors (Lipinski definition) is 6. The Morgan fingerprint density at radius 3 is 2.90 bits per heavy atom. The van der Waals surface area contributed by atoms with Gasteiger partial charge in [0, 0.05) is 45.3 Å². The fourth-order valence-corrected chi connectivity index (χ4v) is 3.11. The third-order valence-electron chi connectivity index (χ3n) is 4.50. The standard InChI is InChI=1S/C19H31N5O4.HI/c1-3-20-19(23-11-8-16(14-23)15-28-13-12-27-2)22-10-9-21-17-6-4-5-7-18(17)24(25)26;/h4-7,16,21H,3,8-15H2,1-2H3,(H,20,22);1H. The SMILES string of the molecule is CCNC(=NCCNc1ccccc1[N+](=O)[O-])N1CCC(COCCOC)C1.I. The van der Waals surface area contributed by atoms with Gasteiger partial charge in [-0.05, 0) is 19.4 Å². The summed E-state index contributed by atoms with van der Waals surface area (Å²) in [7, 11) is 1.67. The van der Waals surface area contributed by atoms with Gasteiger partial charge in [-0.2, -0.15) is 0 Å². The molecule has 9 nitrogen and oxygen atoms in total. The number of anilines is 1. The predicted molar refractivity (Wildman–Crippen MR) is 125 cm³/mol. The molecule has 1 aliphatic heterocycles. The molecule has 0 bridgehead atoms. The first kappa shape index (κ1) is 25.4. The molecule has 2 rings (SSSR count). The first-order valence-corrected chi connectivity index (χ1v) is 9.73. The van der Waals surface area contributed by atoms with E-state index >= 15 is 0 Å². The lowest BCUT2D eigenvalue weighted by Crippen LogP contribution is -2.40. The minimum Gasteiger partial charge on any atom is -0.382 e. The molecular formula is C19H32IN5O4. The quantitative estimate of drug-likeness (QED) is 0.115. The summed E-state index contributed by atoms with van der Waals surface area (Å²) in [6.07, 6.45) is 1.08. The van der Waals surface area contributed by atoms with Crippen LogP contribution in [0.1, 0.15) is 13.3 Å². The van der Waals surface area contributed by atoms with Crippen molar-refractivity contribution in [3.05, 3.63) is 34.4 Å². The molecule has 164 valence electrons. The van der Waals surface area contributed by atoms with Crippen molar-refractivity contribution in [3.63, 3.8) is 0 Å². The Bertz CT molecular complexity index is 647. The van der Waals surface area contributed by atoms with Gasteiger partial charge in [0.25, 0.3) is 5.69 Å². The first-order valence-electron chi connectivity index (χ1n) is 9.73. The van der Waals surface area contributed by atoms with E-state index in [1.807, 2.05) is 6.92 Å². The van der Waals surface area contributed by atoms with Gasteiger partial charge in [0.05, 0.1) is 31.3 Å². The zero-order chi connectivity index (χ0) is 20.2. The van der Waals surface area contributed by atoms with Crippen LogP contribution in [0.4, 0.5) is 11.4 Å². The number of methoxy groups -OCH3 is 1. The largest absolute Gasteiger partial charge is 0.382 e. The summed E-state index contributed by atoms with van der Waals surface area (Å²) in [5, 5.41) is 17.5. The molecule has 1 atom stereocenters. The Hall–Kier alpha value is -1.66. The number of rotatable bonds is 11. The minimum absolute atomic E-state index is 0. The summed E-state index contributed by atoms with van der Waals surface area (Å²) in [6.45, 7) is 7.73. The van der Waals surface area contributed by atoms with Gasteiger partial charge < -0.3 is 25.0 Å². The van der Waals surface area contributed by atoms with E-state index in [1.165, 1.54) is 6.07 Å². The van der Waals surface area contributed by atoms with Crippen molar-refractivity contribution in [1.29, 1.82) is 0 Å². The summed E-state index contributed by atoms with van der Waals surface area (Å²) in [5.41, 5.74) is 0.594. The molecule has 1 heterocycles. The molecule has 0 aliphatic carbocycles. The number of nitrogens with one attached hydrogen (secondary N) is 2. The van der Waals surface area contributed by atoms with Crippen LogP contribution >= 0.6 is 24.0 Å². The minimum atomic E-state index is -0.380. The van der Waals surface area contributed by atoms with Crippen molar-refractivity contribution in [2.45, 2.75) is 13.3 Å². The van der Waals surface area contributed by atoms with Crippen LogP contribution in [0.15, 0.2) is 29.3 Å². The molecule has 0 spiro atoms. The molecule has 0 saturated carbocycles. The third kappa shape index (κ3) is 8.70. The highest BCUT2D eigenvalue weighted by Crippen LogP contribution is 2.22. The van der Waals surface area contributed by atoms with Crippen molar-refractivity contribution in [1.82, 2.24) is 10.2 Å². The molecule has 0 amide bonds. The van der Waals surface area contributed by atoms with Crippen LogP contribution in [0.5, 0.6) is 0 Å². The molecule has 1 unspecified atom stereocenters. The van der Waals surface area contributed by atoms with Crippen molar-refractivity contribution in [2.24, 2.45) is 10.9 Å². The lowest BCUT2D eigenvalue weighted by molar-refractivity contribution is -0.384. The highest BCUT2D eigenvalue weighted by Gasteiger charge is 2.24. The van der Waals surface area contributed by atoms with Gasteiger partial charge in [0.15, 0.2) is 5.96 Å². The monoisotopic (exact) mass is 521 g/mol. The number of benzene rings is 1. The van der Waals surface area contributed by atoms with Crippen LogP contribution in [-0.4, -0.2) is 75.4 Å². The maximum absolute atomic E-state index is 11.1. The average Bonchev–Trinajstić information content (AvgIpc) is 3.16. The number of nitro groups is 1. The number of likely N-dealkylation sites (tertiary alicyclic amines) is 1. The number of nitrogens with zero attached hydrogens (tertiary/aromatic N) is 3. The summed E-state index contributed by atoms with van der Waals surface area (Å²) in [4.78, 5) is 17.6. The van der Waals surface area contributed by atoms with E-state index in [2.05, 4.69) is 20.5 Å². The van der Waals surface area contributed by atoms with Gasteiger partial charge in [0.1, 0.15) is 5.69 Å². The van der Waals surface area contributed by atoms with Crippen molar-refractivity contribution < 1.29 is 14.4 Å². The van der Waals surface area contributed by atoms with Gasteiger partial charge >= 0.3 is 0 Å². The lowest BCUT2D eigenvalue weighted by atomic mass is 10.1. The molecule has 1 fully saturated rings. The van der Waals surface area contributed by atoms with Crippen LogP contribution in [0.3, 0.4) is 0 Å². The molecular weight excluding hydrogens is 489 g/mol. The Balaban J connectivity index is 0.00000420. The van der Waals surface area contributed by atoms with Gasteiger partial charge in [-0.1, -0.05) is 12.1 Å². The lowest BCUT2D eigenvalue weighted by Gasteiger charge is -2.21. The van der Waals surface area contributed by atoms with E-state index < -0.39 is 0 Å². The Morgan fingerprint density at radius 1 is 1.38 bits per heavy atom. The number of nitro benzene ring substituents is 1. The smallest absolute Gasteiger partial charge is 0.292 e. The van der Waals surface area contributed by atoms with Gasteiger partial charge in [-0.3, -0.25) is 15.1 Å². The second kappa shape index (κ2) is 14.3. The first-order chi connectivity index (χ1) is 13.7. The Labute approximate surface area is 189 Å². The van der Waals surface area contributed by atoms with Crippen LogP contribution < -0.4 is 10.6 Å². The normalized spacial score (nSPS) is 16.4. The number of ether oxygens (including phenoxy) is 2. The highest BCUT2D eigenvalue weighted by atomic mass is 127. The van der Waals surface area contributed by atoms with E-state index in [9.17, 15) is 10.1 Å². The van der Waals surface area contributed by atoms with E-state index in [0.29, 0.717) is 37.9 Å². The summed E-state index contributed by atoms with van der Waals surface area (Å²) >= 11 is 0. The maximum atomic E-state index is 11.1. The molecule has 1 aromatic carbocycles. The molecule has 0 radical (unpaired) electrons.